The summed E-state index contributed by atoms with van der Waals surface area (Å²) in [6.07, 6.45) is 3.84. The average Bonchev–Trinajstić information content (AvgIpc) is 2.26. The number of ether oxygens (including phenoxy) is 1. The molecule has 4 heteroatoms. The Kier molecular flexibility index (Phi) is 5.65. The molecule has 1 unspecified atom stereocenters. The first-order valence-electron chi connectivity index (χ1n) is 5.87. The molecule has 1 amide bonds. The zero-order valence-corrected chi connectivity index (χ0v) is 9.58. The molecule has 1 atom stereocenters. The van der Waals surface area contributed by atoms with Gasteiger partial charge in [-0.15, -0.1) is 0 Å². The number of hydrogen-bond acceptors (Lipinski definition) is 3. The van der Waals surface area contributed by atoms with Crippen LogP contribution < -0.4 is 5.73 Å². The molecule has 1 aliphatic rings. The maximum absolute atomic E-state index is 11.5. The smallest absolute Gasteiger partial charge is 0.222 e. The first-order chi connectivity index (χ1) is 7.27. The van der Waals surface area contributed by atoms with Crippen LogP contribution in [0.3, 0.4) is 0 Å². The highest BCUT2D eigenvalue weighted by atomic mass is 16.5. The number of nitrogens with two attached hydrogens (primary N) is 1. The van der Waals surface area contributed by atoms with Crippen LogP contribution in [0.2, 0.25) is 0 Å². The molecule has 88 valence electrons. The standard InChI is InChI=1S/C11H22N2O2/c1-2-15-10(9-12)6-8-13-7-4-3-5-11(13)14/h10H,2-9,12H2,1H3. The highest BCUT2D eigenvalue weighted by Crippen LogP contribution is 2.11. The fourth-order valence-corrected chi connectivity index (χ4v) is 1.90. The molecular formula is C11H22N2O2. The van der Waals surface area contributed by atoms with Gasteiger partial charge in [0.15, 0.2) is 0 Å². The average molecular weight is 214 g/mol. The number of amides is 1. The Morgan fingerprint density at radius 3 is 2.93 bits per heavy atom. The van der Waals surface area contributed by atoms with Crippen molar-refractivity contribution in [2.75, 3.05) is 26.2 Å². The summed E-state index contributed by atoms with van der Waals surface area (Å²) in [4.78, 5) is 13.4. The van der Waals surface area contributed by atoms with Gasteiger partial charge in [0.25, 0.3) is 0 Å². The van der Waals surface area contributed by atoms with Crippen molar-refractivity contribution in [3.63, 3.8) is 0 Å². The molecule has 0 aromatic heterocycles. The lowest BCUT2D eigenvalue weighted by Crippen LogP contribution is -2.38. The fraction of sp³-hybridized carbons (Fsp3) is 0.909. The number of rotatable bonds is 6. The van der Waals surface area contributed by atoms with Gasteiger partial charge >= 0.3 is 0 Å². The van der Waals surface area contributed by atoms with Gasteiger partial charge in [-0.05, 0) is 26.2 Å². The maximum Gasteiger partial charge on any atom is 0.222 e. The second-order valence-electron chi connectivity index (χ2n) is 3.94. The second-order valence-corrected chi connectivity index (χ2v) is 3.94. The van der Waals surface area contributed by atoms with E-state index in [-0.39, 0.29) is 12.0 Å². The molecule has 1 aliphatic heterocycles. The van der Waals surface area contributed by atoms with Gasteiger partial charge in [0, 0.05) is 32.7 Å². The van der Waals surface area contributed by atoms with Crippen molar-refractivity contribution in [3.05, 3.63) is 0 Å². The van der Waals surface area contributed by atoms with Gasteiger partial charge in [-0.3, -0.25) is 4.79 Å². The molecule has 15 heavy (non-hydrogen) atoms. The third-order valence-electron chi connectivity index (χ3n) is 2.81. The fourth-order valence-electron chi connectivity index (χ4n) is 1.90. The summed E-state index contributed by atoms with van der Waals surface area (Å²) >= 11 is 0. The van der Waals surface area contributed by atoms with Gasteiger partial charge in [0.1, 0.15) is 0 Å². The van der Waals surface area contributed by atoms with Gasteiger partial charge in [-0.1, -0.05) is 0 Å². The normalized spacial score (nSPS) is 19.3. The number of carbonyl (C=O) groups excluding carboxylic acids is 1. The number of piperidine rings is 1. The summed E-state index contributed by atoms with van der Waals surface area (Å²) < 4.78 is 5.45. The molecule has 0 spiro atoms. The first kappa shape index (κ1) is 12.5. The topological polar surface area (TPSA) is 55.6 Å². The molecule has 0 aromatic rings. The van der Waals surface area contributed by atoms with Gasteiger partial charge in [0.05, 0.1) is 6.10 Å². The Bertz CT molecular complexity index is 197. The monoisotopic (exact) mass is 214 g/mol. The van der Waals surface area contributed by atoms with Crippen LogP contribution in [0.5, 0.6) is 0 Å². The molecule has 0 saturated carbocycles. The van der Waals surface area contributed by atoms with Crippen molar-refractivity contribution in [1.82, 2.24) is 4.90 Å². The summed E-state index contributed by atoms with van der Waals surface area (Å²) in [7, 11) is 0. The van der Waals surface area contributed by atoms with E-state index < -0.39 is 0 Å². The van der Waals surface area contributed by atoms with Gasteiger partial charge in [-0.25, -0.2) is 0 Å². The van der Waals surface area contributed by atoms with Crippen LogP contribution in [-0.4, -0.2) is 43.2 Å². The zero-order valence-electron chi connectivity index (χ0n) is 9.58. The lowest BCUT2D eigenvalue weighted by Gasteiger charge is -2.28. The minimum atomic E-state index is 0.102. The molecule has 0 aliphatic carbocycles. The Hall–Kier alpha value is -0.610. The van der Waals surface area contributed by atoms with Crippen molar-refractivity contribution in [3.8, 4) is 0 Å². The molecule has 0 radical (unpaired) electrons. The minimum Gasteiger partial charge on any atom is -0.377 e. The molecule has 0 bridgehead atoms. The lowest BCUT2D eigenvalue weighted by molar-refractivity contribution is -0.133. The summed E-state index contributed by atoms with van der Waals surface area (Å²) in [6.45, 7) is 4.89. The number of nitrogens with zero attached hydrogens (tertiary/aromatic N) is 1. The summed E-state index contributed by atoms with van der Waals surface area (Å²) in [6, 6.07) is 0. The largest absolute Gasteiger partial charge is 0.377 e. The van der Waals surface area contributed by atoms with Crippen molar-refractivity contribution < 1.29 is 9.53 Å². The van der Waals surface area contributed by atoms with Crippen LogP contribution in [0, 0.1) is 0 Å². The summed E-state index contributed by atoms with van der Waals surface area (Å²) in [5.41, 5.74) is 5.58. The van der Waals surface area contributed by atoms with Crippen molar-refractivity contribution in [2.24, 2.45) is 5.73 Å². The predicted octanol–water partition coefficient (Wildman–Crippen LogP) is 0.753. The van der Waals surface area contributed by atoms with Crippen LogP contribution >= 0.6 is 0 Å². The van der Waals surface area contributed by atoms with Gasteiger partial charge in [0.2, 0.25) is 5.91 Å². The number of hydrogen-bond donors (Lipinski definition) is 1. The Morgan fingerprint density at radius 1 is 1.53 bits per heavy atom. The van der Waals surface area contributed by atoms with Gasteiger partial charge in [-0.2, -0.15) is 0 Å². The number of carbonyl (C=O) groups is 1. The quantitative estimate of drug-likeness (QED) is 0.710. The maximum atomic E-state index is 11.5. The SMILES string of the molecule is CCOC(CN)CCN1CCCCC1=O. The van der Waals surface area contributed by atoms with E-state index in [0.29, 0.717) is 19.6 Å². The van der Waals surface area contributed by atoms with Crippen LogP contribution in [0.4, 0.5) is 0 Å². The third-order valence-corrected chi connectivity index (χ3v) is 2.81. The molecule has 1 rings (SSSR count). The van der Waals surface area contributed by atoms with Crippen LogP contribution in [0.25, 0.3) is 0 Å². The molecule has 2 N–H and O–H groups in total. The summed E-state index contributed by atoms with van der Waals surface area (Å²) in [5, 5.41) is 0. The lowest BCUT2D eigenvalue weighted by atomic mass is 10.1. The molecular weight excluding hydrogens is 192 g/mol. The molecule has 4 nitrogen and oxygen atoms in total. The van der Waals surface area contributed by atoms with Gasteiger partial charge < -0.3 is 15.4 Å². The first-order valence-corrected chi connectivity index (χ1v) is 5.87. The van der Waals surface area contributed by atoms with Crippen LogP contribution in [-0.2, 0) is 9.53 Å². The van der Waals surface area contributed by atoms with Crippen molar-refractivity contribution in [1.29, 1.82) is 0 Å². The molecule has 1 fully saturated rings. The molecule has 1 saturated heterocycles. The van der Waals surface area contributed by atoms with Crippen LogP contribution in [0.15, 0.2) is 0 Å². The van der Waals surface area contributed by atoms with E-state index in [1.54, 1.807) is 0 Å². The number of likely N-dealkylation sites (tertiary alicyclic amines) is 1. The van der Waals surface area contributed by atoms with E-state index in [9.17, 15) is 4.79 Å². The van der Waals surface area contributed by atoms with E-state index in [2.05, 4.69) is 0 Å². The van der Waals surface area contributed by atoms with Crippen molar-refractivity contribution in [2.45, 2.75) is 38.7 Å². The Morgan fingerprint density at radius 2 is 2.33 bits per heavy atom. The Labute approximate surface area is 91.8 Å². The third kappa shape index (κ3) is 4.18. The van der Waals surface area contributed by atoms with E-state index >= 15 is 0 Å². The predicted molar refractivity (Wildman–Crippen MR) is 59.5 cm³/mol. The minimum absolute atomic E-state index is 0.102. The van der Waals surface area contributed by atoms with Crippen molar-refractivity contribution >= 4 is 5.91 Å². The van der Waals surface area contributed by atoms with E-state index in [1.807, 2.05) is 11.8 Å². The Balaban J connectivity index is 2.24. The van der Waals surface area contributed by atoms with E-state index in [4.69, 9.17) is 10.5 Å². The summed E-state index contributed by atoms with van der Waals surface area (Å²) in [5.74, 6) is 0.286. The zero-order chi connectivity index (χ0) is 11.1. The highest BCUT2D eigenvalue weighted by molar-refractivity contribution is 5.76. The second kappa shape index (κ2) is 6.80. The highest BCUT2D eigenvalue weighted by Gasteiger charge is 2.18. The van der Waals surface area contributed by atoms with Crippen LogP contribution in [0.1, 0.15) is 32.6 Å². The van der Waals surface area contributed by atoms with E-state index in [1.165, 1.54) is 0 Å². The van der Waals surface area contributed by atoms with E-state index in [0.717, 1.165) is 32.4 Å². The molecule has 1 heterocycles. The molecule has 0 aromatic carbocycles.